The van der Waals surface area contributed by atoms with Crippen LogP contribution in [0.2, 0.25) is 0 Å². The van der Waals surface area contributed by atoms with Crippen molar-refractivity contribution in [3.8, 4) is 0 Å². The summed E-state index contributed by atoms with van der Waals surface area (Å²) in [6, 6.07) is 10.5. The van der Waals surface area contributed by atoms with Gasteiger partial charge in [-0.05, 0) is 35.9 Å². The molecule has 1 aliphatic rings. The largest absolute Gasteiger partial charge is 0.337 e. The Labute approximate surface area is 116 Å². The standard InChI is InChI=1S/C14H15N3OS/c18-14(13-10-19-16-15-13)17-8-6-12(7-9-17)11-4-2-1-3-5-11/h1-5,10,12H,6-9H2. The van der Waals surface area contributed by atoms with Crippen molar-refractivity contribution in [3.63, 3.8) is 0 Å². The molecule has 4 nitrogen and oxygen atoms in total. The Kier molecular flexibility index (Phi) is 3.55. The first-order chi connectivity index (χ1) is 9.34. The zero-order valence-electron chi connectivity index (χ0n) is 10.5. The number of hydrogen-bond donors (Lipinski definition) is 0. The van der Waals surface area contributed by atoms with Crippen molar-refractivity contribution < 1.29 is 4.79 Å². The number of hydrogen-bond acceptors (Lipinski definition) is 4. The van der Waals surface area contributed by atoms with Crippen molar-refractivity contribution in [2.45, 2.75) is 18.8 Å². The zero-order chi connectivity index (χ0) is 13.1. The highest BCUT2D eigenvalue weighted by Crippen LogP contribution is 2.28. The van der Waals surface area contributed by atoms with Crippen molar-refractivity contribution in [1.29, 1.82) is 0 Å². The second-order valence-electron chi connectivity index (χ2n) is 4.77. The van der Waals surface area contributed by atoms with E-state index < -0.39 is 0 Å². The highest BCUT2D eigenvalue weighted by molar-refractivity contribution is 7.03. The molecule has 2 heterocycles. The Hall–Kier alpha value is -1.75. The normalized spacial score (nSPS) is 16.5. The van der Waals surface area contributed by atoms with Gasteiger partial charge in [-0.25, -0.2) is 0 Å². The Morgan fingerprint density at radius 2 is 1.95 bits per heavy atom. The molecule has 1 amide bonds. The Bertz CT molecular complexity index is 533. The van der Waals surface area contributed by atoms with E-state index in [1.807, 2.05) is 11.0 Å². The molecule has 2 aromatic rings. The van der Waals surface area contributed by atoms with Crippen LogP contribution in [-0.4, -0.2) is 33.5 Å². The van der Waals surface area contributed by atoms with Gasteiger partial charge in [0.15, 0.2) is 5.69 Å². The molecule has 0 atom stereocenters. The van der Waals surface area contributed by atoms with Gasteiger partial charge < -0.3 is 4.90 Å². The van der Waals surface area contributed by atoms with E-state index in [0.717, 1.165) is 25.9 Å². The number of aromatic nitrogens is 2. The molecule has 0 saturated carbocycles. The summed E-state index contributed by atoms with van der Waals surface area (Å²) in [7, 11) is 0. The molecule has 1 aromatic heterocycles. The minimum Gasteiger partial charge on any atom is -0.337 e. The summed E-state index contributed by atoms with van der Waals surface area (Å²) in [5.41, 5.74) is 1.85. The second kappa shape index (κ2) is 5.48. The van der Waals surface area contributed by atoms with Gasteiger partial charge >= 0.3 is 0 Å². The number of likely N-dealkylation sites (tertiary alicyclic amines) is 1. The minimum absolute atomic E-state index is 0.0141. The maximum atomic E-state index is 12.1. The Balaban J connectivity index is 1.62. The SMILES string of the molecule is O=C(c1csnn1)N1CCC(c2ccccc2)CC1. The molecular weight excluding hydrogens is 258 g/mol. The Morgan fingerprint density at radius 1 is 1.21 bits per heavy atom. The van der Waals surface area contributed by atoms with E-state index in [1.165, 1.54) is 17.1 Å². The van der Waals surface area contributed by atoms with E-state index >= 15 is 0 Å². The van der Waals surface area contributed by atoms with E-state index in [4.69, 9.17) is 0 Å². The van der Waals surface area contributed by atoms with Gasteiger partial charge in [0.2, 0.25) is 0 Å². The highest BCUT2D eigenvalue weighted by atomic mass is 32.1. The van der Waals surface area contributed by atoms with Crippen LogP contribution >= 0.6 is 11.5 Å². The van der Waals surface area contributed by atoms with Gasteiger partial charge in [-0.3, -0.25) is 4.79 Å². The van der Waals surface area contributed by atoms with E-state index in [2.05, 4.69) is 33.9 Å². The topological polar surface area (TPSA) is 46.1 Å². The highest BCUT2D eigenvalue weighted by Gasteiger charge is 2.25. The maximum absolute atomic E-state index is 12.1. The lowest BCUT2D eigenvalue weighted by molar-refractivity contribution is 0.0707. The van der Waals surface area contributed by atoms with Crippen molar-refractivity contribution >= 4 is 17.4 Å². The van der Waals surface area contributed by atoms with Crippen LogP contribution in [0, 0.1) is 0 Å². The molecule has 3 rings (SSSR count). The van der Waals surface area contributed by atoms with Crippen LogP contribution in [0.4, 0.5) is 0 Å². The molecule has 1 saturated heterocycles. The molecule has 19 heavy (non-hydrogen) atoms. The fourth-order valence-electron chi connectivity index (χ4n) is 2.56. The van der Waals surface area contributed by atoms with Gasteiger partial charge in [-0.1, -0.05) is 34.8 Å². The summed E-state index contributed by atoms with van der Waals surface area (Å²) in [6.07, 6.45) is 2.04. The lowest BCUT2D eigenvalue weighted by Crippen LogP contribution is -2.38. The monoisotopic (exact) mass is 273 g/mol. The molecule has 0 bridgehead atoms. The molecule has 0 spiro atoms. The minimum atomic E-state index is 0.0141. The predicted molar refractivity (Wildman–Crippen MR) is 74.2 cm³/mol. The molecule has 0 radical (unpaired) electrons. The van der Waals surface area contributed by atoms with Gasteiger partial charge in [0.05, 0.1) is 0 Å². The zero-order valence-corrected chi connectivity index (χ0v) is 11.3. The molecule has 1 fully saturated rings. The summed E-state index contributed by atoms with van der Waals surface area (Å²) >= 11 is 1.22. The summed E-state index contributed by atoms with van der Waals surface area (Å²) in [5, 5.41) is 5.56. The quantitative estimate of drug-likeness (QED) is 0.844. The van der Waals surface area contributed by atoms with Crippen molar-refractivity contribution in [3.05, 3.63) is 47.0 Å². The number of piperidine rings is 1. The van der Waals surface area contributed by atoms with Gasteiger partial charge in [-0.15, -0.1) is 5.10 Å². The number of amides is 1. The van der Waals surface area contributed by atoms with Gasteiger partial charge in [0.25, 0.3) is 5.91 Å². The molecule has 0 aliphatic carbocycles. The first-order valence-corrected chi connectivity index (χ1v) is 7.29. The van der Waals surface area contributed by atoms with Crippen LogP contribution in [0.15, 0.2) is 35.7 Å². The Morgan fingerprint density at radius 3 is 2.58 bits per heavy atom. The van der Waals surface area contributed by atoms with E-state index in [9.17, 15) is 4.79 Å². The first-order valence-electron chi connectivity index (χ1n) is 6.46. The van der Waals surface area contributed by atoms with Crippen molar-refractivity contribution in [2.24, 2.45) is 0 Å². The third-order valence-corrected chi connectivity index (χ3v) is 4.14. The number of carbonyl (C=O) groups is 1. The number of benzene rings is 1. The lowest BCUT2D eigenvalue weighted by atomic mass is 9.89. The van der Waals surface area contributed by atoms with Gasteiger partial charge in [0, 0.05) is 18.5 Å². The third-order valence-electron chi connectivity index (χ3n) is 3.63. The summed E-state index contributed by atoms with van der Waals surface area (Å²) in [6.45, 7) is 1.60. The molecule has 0 N–H and O–H groups in total. The van der Waals surface area contributed by atoms with Crippen LogP contribution in [0.5, 0.6) is 0 Å². The second-order valence-corrected chi connectivity index (χ2v) is 5.38. The molecule has 98 valence electrons. The summed E-state index contributed by atoms with van der Waals surface area (Å²) in [4.78, 5) is 14.0. The van der Waals surface area contributed by atoms with E-state index in [0.29, 0.717) is 11.6 Å². The molecule has 5 heteroatoms. The number of carbonyl (C=O) groups excluding carboxylic acids is 1. The lowest BCUT2D eigenvalue weighted by Gasteiger charge is -2.31. The average Bonchev–Trinajstić information content (AvgIpc) is 3.02. The van der Waals surface area contributed by atoms with Crippen LogP contribution in [0.25, 0.3) is 0 Å². The van der Waals surface area contributed by atoms with Crippen LogP contribution < -0.4 is 0 Å². The van der Waals surface area contributed by atoms with Crippen LogP contribution in [0.1, 0.15) is 34.8 Å². The van der Waals surface area contributed by atoms with Crippen molar-refractivity contribution in [1.82, 2.24) is 14.5 Å². The van der Waals surface area contributed by atoms with Crippen LogP contribution in [-0.2, 0) is 0 Å². The summed E-state index contributed by atoms with van der Waals surface area (Å²) < 4.78 is 3.74. The predicted octanol–water partition coefficient (Wildman–Crippen LogP) is 2.56. The third kappa shape index (κ3) is 2.66. The van der Waals surface area contributed by atoms with E-state index in [1.54, 1.807) is 5.38 Å². The fraction of sp³-hybridized carbons (Fsp3) is 0.357. The molecular formula is C14H15N3OS. The summed E-state index contributed by atoms with van der Waals surface area (Å²) in [5.74, 6) is 0.582. The number of rotatable bonds is 2. The van der Waals surface area contributed by atoms with Crippen molar-refractivity contribution in [2.75, 3.05) is 13.1 Å². The smallest absolute Gasteiger partial charge is 0.275 e. The van der Waals surface area contributed by atoms with Crippen LogP contribution in [0.3, 0.4) is 0 Å². The molecule has 0 unspecified atom stereocenters. The number of nitrogens with zero attached hydrogens (tertiary/aromatic N) is 3. The van der Waals surface area contributed by atoms with Gasteiger partial charge in [0.1, 0.15) is 0 Å². The van der Waals surface area contributed by atoms with Gasteiger partial charge in [-0.2, -0.15) is 0 Å². The maximum Gasteiger partial charge on any atom is 0.275 e. The fourth-order valence-corrected chi connectivity index (χ4v) is 2.99. The molecule has 1 aliphatic heterocycles. The van der Waals surface area contributed by atoms with E-state index in [-0.39, 0.29) is 5.91 Å². The first kappa shape index (κ1) is 12.3. The average molecular weight is 273 g/mol. The molecule has 1 aromatic carbocycles.